The Balaban J connectivity index is 1.75. The van der Waals surface area contributed by atoms with E-state index in [0.29, 0.717) is 18.0 Å². The van der Waals surface area contributed by atoms with Crippen LogP contribution in [0.3, 0.4) is 0 Å². The zero-order valence-corrected chi connectivity index (χ0v) is 18.5. The first-order chi connectivity index (χ1) is 14.6. The fourth-order valence-corrected chi connectivity index (χ4v) is 3.36. The molecule has 1 heterocycles. The fraction of sp³-hybridized carbons (Fsp3) is 0.600. The van der Waals surface area contributed by atoms with Gasteiger partial charge in [0, 0.05) is 18.0 Å². The van der Waals surface area contributed by atoms with Crippen LogP contribution in [-0.4, -0.2) is 28.9 Å². The van der Waals surface area contributed by atoms with Crippen molar-refractivity contribution in [3.8, 4) is 17.1 Å². The molecule has 1 aromatic heterocycles. The number of alkyl halides is 2. The molecule has 2 atom stereocenters. The average molecular weight is 419 g/mol. The van der Waals surface area contributed by atoms with E-state index in [1.807, 2.05) is 31.5 Å². The molecule has 0 aliphatic rings. The van der Waals surface area contributed by atoms with Crippen molar-refractivity contribution < 1.29 is 13.5 Å². The summed E-state index contributed by atoms with van der Waals surface area (Å²) in [6.07, 6.45) is 11.6. The van der Waals surface area contributed by atoms with Crippen LogP contribution in [0.2, 0.25) is 0 Å². The van der Waals surface area contributed by atoms with E-state index in [1.165, 1.54) is 44.9 Å². The van der Waals surface area contributed by atoms with E-state index >= 15 is 0 Å². The van der Waals surface area contributed by atoms with Crippen LogP contribution in [0.1, 0.15) is 77.2 Å². The van der Waals surface area contributed by atoms with Crippen molar-refractivity contribution in [1.29, 1.82) is 0 Å². The van der Waals surface area contributed by atoms with Crippen LogP contribution in [0.4, 0.5) is 8.78 Å². The molecule has 3 nitrogen and oxygen atoms in total. The lowest BCUT2D eigenvalue weighted by molar-refractivity contribution is 0.103. The van der Waals surface area contributed by atoms with Crippen LogP contribution in [0.15, 0.2) is 36.7 Å². The van der Waals surface area contributed by atoms with E-state index in [2.05, 4.69) is 16.9 Å². The molecular weight excluding hydrogens is 382 g/mol. The second-order valence-corrected chi connectivity index (χ2v) is 7.94. The first-order valence-corrected chi connectivity index (χ1v) is 11.5. The maximum absolute atomic E-state index is 13.7. The zero-order valence-electron chi connectivity index (χ0n) is 18.5. The number of unbranched alkanes of at least 4 members (excludes halogenated alkanes) is 6. The van der Waals surface area contributed by atoms with Gasteiger partial charge in [-0.2, -0.15) is 0 Å². The lowest BCUT2D eigenvalue weighted by Gasteiger charge is -2.14. The maximum Gasteiger partial charge on any atom is 0.165 e. The molecule has 2 aromatic rings. The number of benzene rings is 1. The molecule has 0 radical (unpaired) electrons. The van der Waals surface area contributed by atoms with E-state index in [9.17, 15) is 8.78 Å². The number of nitrogens with zero attached hydrogens (tertiary/aromatic N) is 2. The van der Waals surface area contributed by atoms with Crippen LogP contribution >= 0.6 is 0 Å². The summed E-state index contributed by atoms with van der Waals surface area (Å²) in [5.74, 6) is 1.17. The molecule has 0 fully saturated rings. The van der Waals surface area contributed by atoms with Crippen molar-refractivity contribution in [2.75, 3.05) is 6.61 Å². The van der Waals surface area contributed by atoms with E-state index in [0.717, 1.165) is 17.5 Å². The highest BCUT2D eigenvalue weighted by molar-refractivity contribution is 5.55. The van der Waals surface area contributed by atoms with Gasteiger partial charge in [0.2, 0.25) is 0 Å². The molecule has 0 aliphatic carbocycles. The van der Waals surface area contributed by atoms with Gasteiger partial charge in [0.15, 0.2) is 12.0 Å². The minimum absolute atomic E-state index is 0.218. The van der Waals surface area contributed by atoms with Crippen molar-refractivity contribution in [3.63, 3.8) is 0 Å². The predicted molar refractivity (Wildman–Crippen MR) is 119 cm³/mol. The van der Waals surface area contributed by atoms with Gasteiger partial charge in [-0.05, 0) is 49.1 Å². The Kier molecular flexibility index (Phi) is 11.3. The molecule has 0 amide bonds. The third-order valence-electron chi connectivity index (χ3n) is 5.25. The second kappa shape index (κ2) is 14.1. The molecule has 0 N–H and O–H groups in total. The summed E-state index contributed by atoms with van der Waals surface area (Å²) in [5, 5.41) is 0. The lowest BCUT2D eigenvalue weighted by Crippen LogP contribution is -2.24. The van der Waals surface area contributed by atoms with E-state index in [4.69, 9.17) is 4.74 Å². The number of aromatic nitrogens is 2. The Morgan fingerprint density at radius 3 is 2.07 bits per heavy atom. The summed E-state index contributed by atoms with van der Waals surface area (Å²) in [6.45, 7) is 3.80. The van der Waals surface area contributed by atoms with Crippen LogP contribution in [0.5, 0.6) is 5.75 Å². The molecule has 0 bridgehead atoms. The number of aryl methyl sites for hydroxylation is 1. The smallest absolute Gasteiger partial charge is 0.165 e. The SMILES string of the molecule is CCCCCCCCCc1cnc(-c2ccc(OCC(F)C(F)CCC)cc2)nc1. The van der Waals surface area contributed by atoms with E-state index < -0.39 is 12.3 Å². The zero-order chi connectivity index (χ0) is 21.6. The van der Waals surface area contributed by atoms with Crippen molar-refractivity contribution in [3.05, 3.63) is 42.2 Å². The van der Waals surface area contributed by atoms with Gasteiger partial charge in [0.1, 0.15) is 18.5 Å². The molecule has 0 saturated carbocycles. The summed E-state index contributed by atoms with van der Waals surface area (Å²) < 4.78 is 32.6. The van der Waals surface area contributed by atoms with Crippen molar-refractivity contribution in [2.24, 2.45) is 0 Å². The Morgan fingerprint density at radius 2 is 1.43 bits per heavy atom. The molecule has 0 aliphatic heterocycles. The molecule has 5 heteroatoms. The highest BCUT2D eigenvalue weighted by Crippen LogP contribution is 2.21. The molecule has 2 unspecified atom stereocenters. The third-order valence-corrected chi connectivity index (χ3v) is 5.25. The van der Waals surface area contributed by atoms with Gasteiger partial charge in [0.25, 0.3) is 0 Å². The first kappa shape index (κ1) is 24.2. The number of halogens is 2. The minimum Gasteiger partial charge on any atom is -0.490 e. The molecule has 0 spiro atoms. The van der Waals surface area contributed by atoms with Crippen molar-refractivity contribution in [1.82, 2.24) is 9.97 Å². The van der Waals surface area contributed by atoms with Gasteiger partial charge in [-0.1, -0.05) is 58.8 Å². The van der Waals surface area contributed by atoms with Crippen molar-refractivity contribution >= 4 is 0 Å². The Hall–Kier alpha value is -2.04. The summed E-state index contributed by atoms with van der Waals surface area (Å²) in [7, 11) is 0. The van der Waals surface area contributed by atoms with Crippen LogP contribution < -0.4 is 4.74 Å². The quantitative estimate of drug-likeness (QED) is 0.285. The molecule has 30 heavy (non-hydrogen) atoms. The van der Waals surface area contributed by atoms with Gasteiger partial charge in [-0.25, -0.2) is 18.7 Å². The standard InChI is InChI=1S/C25H36F2N2O/c1-3-5-6-7-8-9-10-12-20-17-28-25(29-18-20)21-13-15-22(16-14-21)30-19-24(27)23(26)11-4-2/h13-18,23-24H,3-12,19H2,1-2H3. The number of rotatable bonds is 15. The normalized spacial score (nSPS) is 13.2. The predicted octanol–water partition coefficient (Wildman–Crippen LogP) is 7.29. The van der Waals surface area contributed by atoms with Crippen LogP contribution in [0.25, 0.3) is 11.4 Å². The van der Waals surface area contributed by atoms with Gasteiger partial charge in [0.05, 0.1) is 0 Å². The van der Waals surface area contributed by atoms with Gasteiger partial charge in [-0.15, -0.1) is 0 Å². The highest BCUT2D eigenvalue weighted by atomic mass is 19.2. The van der Waals surface area contributed by atoms with Crippen molar-refractivity contribution in [2.45, 2.75) is 90.4 Å². The van der Waals surface area contributed by atoms with Gasteiger partial charge >= 0.3 is 0 Å². The first-order valence-electron chi connectivity index (χ1n) is 11.5. The van der Waals surface area contributed by atoms with Crippen LogP contribution in [-0.2, 0) is 6.42 Å². The van der Waals surface area contributed by atoms with Crippen LogP contribution in [0, 0.1) is 0 Å². The van der Waals surface area contributed by atoms with E-state index in [1.54, 1.807) is 12.1 Å². The number of ether oxygens (including phenoxy) is 1. The summed E-state index contributed by atoms with van der Waals surface area (Å²) in [4.78, 5) is 8.95. The third kappa shape index (κ3) is 8.76. The summed E-state index contributed by atoms with van der Waals surface area (Å²) in [5.41, 5.74) is 2.03. The highest BCUT2D eigenvalue weighted by Gasteiger charge is 2.20. The minimum atomic E-state index is -1.60. The second-order valence-electron chi connectivity index (χ2n) is 7.94. The summed E-state index contributed by atoms with van der Waals surface area (Å²) in [6, 6.07) is 7.16. The fourth-order valence-electron chi connectivity index (χ4n) is 3.36. The number of hydrogen-bond donors (Lipinski definition) is 0. The number of hydrogen-bond acceptors (Lipinski definition) is 3. The molecule has 0 saturated heterocycles. The summed E-state index contributed by atoms with van der Waals surface area (Å²) >= 11 is 0. The maximum atomic E-state index is 13.7. The largest absolute Gasteiger partial charge is 0.490 e. The lowest BCUT2D eigenvalue weighted by atomic mass is 10.1. The van der Waals surface area contributed by atoms with E-state index in [-0.39, 0.29) is 13.0 Å². The average Bonchev–Trinajstić information content (AvgIpc) is 2.78. The Morgan fingerprint density at radius 1 is 0.800 bits per heavy atom. The molecule has 1 aromatic carbocycles. The Bertz CT molecular complexity index is 691. The Labute approximate surface area is 180 Å². The topological polar surface area (TPSA) is 35.0 Å². The van der Waals surface area contributed by atoms with Gasteiger partial charge < -0.3 is 4.74 Å². The van der Waals surface area contributed by atoms with Gasteiger partial charge in [-0.3, -0.25) is 0 Å². The molecular formula is C25H36F2N2O. The molecule has 166 valence electrons. The molecule has 2 rings (SSSR count). The monoisotopic (exact) mass is 418 g/mol.